The zero-order valence-corrected chi connectivity index (χ0v) is 7.73. The van der Waals surface area contributed by atoms with Gasteiger partial charge in [0.25, 0.3) is 0 Å². The van der Waals surface area contributed by atoms with Gasteiger partial charge in [0.2, 0.25) is 5.78 Å². The van der Waals surface area contributed by atoms with Crippen LogP contribution in [0.1, 0.15) is 6.42 Å². The molecule has 1 rings (SSSR count). The van der Waals surface area contributed by atoms with Gasteiger partial charge in [0.05, 0.1) is 0 Å². The molecular formula is C9H10N2O4. The number of carbonyl (C=O) groups excluding carboxylic acids is 1. The van der Waals surface area contributed by atoms with E-state index in [4.69, 9.17) is 16.2 Å². The van der Waals surface area contributed by atoms with E-state index in [-0.39, 0.29) is 23.5 Å². The maximum absolute atomic E-state index is 10.9. The van der Waals surface area contributed by atoms with Crippen molar-refractivity contribution in [3.63, 3.8) is 0 Å². The number of aliphatic hydroxyl groups is 1. The summed E-state index contributed by atoms with van der Waals surface area (Å²) in [6.07, 6.45) is 1.89. The number of hydrogen-bond donors (Lipinski definition) is 4. The normalized spacial score (nSPS) is 18.2. The second-order valence-corrected chi connectivity index (χ2v) is 3.13. The smallest absolute Gasteiger partial charge is 0.320 e. The van der Waals surface area contributed by atoms with E-state index in [0.717, 1.165) is 12.2 Å². The van der Waals surface area contributed by atoms with Gasteiger partial charge in [-0.2, -0.15) is 0 Å². The van der Waals surface area contributed by atoms with Gasteiger partial charge in [-0.25, -0.2) is 0 Å². The van der Waals surface area contributed by atoms with E-state index >= 15 is 0 Å². The van der Waals surface area contributed by atoms with Crippen molar-refractivity contribution >= 4 is 17.5 Å². The van der Waals surface area contributed by atoms with Crippen LogP contribution >= 0.6 is 0 Å². The average Bonchev–Trinajstić information content (AvgIpc) is 2.13. The van der Waals surface area contributed by atoms with Gasteiger partial charge in [-0.1, -0.05) is 0 Å². The van der Waals surface area contributed by atoms with Crippen molar-refractivity contribution in [1.82, 2.24) is 0 Å². The number of nitrogens with one attached hydrogen (secondary N) is 1. The van der Waals surface area contributed by atoms with Crippen LogP contribution in [0.2, 0.25) is 0 Å². The SMILES string of the molecule is N=C1C=C(CC(N)C(=O)O)C(O)=CC1=O. The Labute approximate surface area is 85.2 Å². The van der Waals surface area contributed by atoms with E-state index < -0.39 is 17.8 Å². The molecule has 15 heavy (non-hydrogen) atoms. The highest BCUT2D eigenvalue weighted by Gasteiger charge is 2.21. The first kappa shape index (κ1) is 11.1. The third kappa shape index (κ3) is 2.50. The van der Waals surface area contributed by atoms with Crippen molar-refractivity contribution in [2.75, 3.05) is 0 Å². The molecule has 0 fully saturated rings. The van der Waals surface area contributed by atoms with Crippen molar-refractivity contribution in [3.05, 3.63) is 23.5 Å². The third-order valence-corrected chi connectivity index (χ3v) is 1.94. The lowest BCUT2D eigenvalue weighted by atomic mass is 9.97. The largest absolute Gasteiger partial charge is 0.508 e. The first-order valence-corrected chi connectivity index (χ1v) is 4.14. The maximum Gasteiger partial charge on any atom is 0.320 e. The molecule has 6 heteroatoms. The molecule has 0 saturated carbocycles. The fraction of sp³-hybridized carbons (Fsp3) is 0.222. The number of carboxylic acids is 1. The zero-order chi connectivity index (χ0) is 11.6. The number of nitrogens with two attached hydrogens (primary N) is 1. The Balaban J connectivity index is 2.84. The van der Waals surface area contributed by atoms with Crippen LogP contribution in [-0.4, -0.2) is 33.7 Å². The van der Waals surface area contributed by atoms with Crippen LogP contribution in [0.5, 0.6) is 0 Å². The Morgan fingerprint density at radius 1 is 1.53 bits per heavy atom. The molecule has 0 aromatic carbocycles. The molecule has 1 aliphatic carbocycles. The van der Waals surface area contributed by atoms with E-state index in [2.05, 4.69) is 0 Å². The summed E-state index contributed by atoms with van der Waals surface area (Å²) in [5.41, 5.74) is 5.15. The van der Waals surface area contributed by atoms with Gasteiger partial charge in [-0.15, -0.1) is 0 Å². The Kier molecular flexibility index (Phi) is 3.01. The number of ketones is 1. The molecule has 80 valence electrons. The van der Waals surface area contributed by atoms with Crippen molar-refractivity contribution in [2.45, 2.75) is 12.5 Å². The van der Waals surface area contributed by atoms with Gasteiger partial charge in [0.15, 0.2) is 0 Å². The van der Waals surface area contributed by atoms with Crippen LogP contribution < -0.4 is 5.73 Å². The summed E-state index contributed by atoms with van der Waals surface area (Å²) in [5, 5.41) is 25.1. The molecule has 0 bridgehead atoms. The molecule has 0 aromatic rings. The van der Waals surface area contributed by atoms with E-state index in [0.29, 0.717) is 0 Å². The summed E-state index contributed by atoms with van der Waals surface area (Å²) < 4.78 is 0. The maximum atomic E-state index is 10.9. The summed E-state index contributed by atoms with van der Waals surface area (Å²) in [4.78, 5) is 21.4. The lowest BCUT2D eigenvalue weighted by Crippen LogP contribution is -2.31. The molecule has 0 amide bonds. The number of allylic oxidation sites excluding steroid dienone is 3. The Bertz CT molecular complexity index is 395. The standard InChI is InChI=1S/C9H10N2O4/c10-5-1-4(2-6(11)9(14)15)7(12)3-8(5)13/h1,3,6,10,12H,2,11H2,(H,14,15). The van der Waals surface area contributed by atoms with Gasteiger partial charge < -0.3 is 15.9 Å². The molecule has 0 aromatic heterocycles. The van der Waals surface area contributed by atoms with Gasteiger partial charge in [0, 0.05) is 12.5 Å². The third-order valence-electron chi connectivity index (χ3n) is 1.94. The molecule has 1 unspecified atom stereocenters. The summed E-state index contributed by atoms with van der Waals surface area (Å²) in [6.45, 7) is 0. The van der Waals surface area contributed by atoms with Crippen LogP contribution in [-0.2, 0) is 9.59 Å². The van der Waals surface area contributed by atoms with Crippen LogP contribution in [0.3, 0.4) is 0 Å². The molecule has 0 saturated heterocycles. The molecule has 6 nitrogen and oxygen atoms in total. The number of rotatable bonds is 3. The van der Waals surface area contributed by atoms with Crippen molar-refractivity contribution in [2.24, 2.45) is 5.73 Å². The van der Waals surface area contributed by atoms with Crippen LogP contribution in [0.15, 0.2) is 23.5 Å². The molecule has 1 atom stereocenters. The van der Waals surface area contributed by atoms with Crippen LogP contribution in [0.4, 0.5) is 0 Å². The highest BCUT2D eigenvalue weighted by Crippen LogP contribution is 2.17. The topological polar surface area (TPSA) is 124 Å². The first-order chi connectivity index (χ1) is 6.91. The summed E-state index contributed by atoms with van der Waals surface area (Å²) >= 11 is 0. The Morgan fingerprint density at radius 3 is 2.67 bits per heavy atom. The van der Waals surface area contributed by atoms with Crippen molar-refractivity contribution in [3.8, 4) is 0 Å². The van der Waals surface area contributed by atoms with Gasteiger partial charge in [-0.05, 0) is 11.6 Å². The van der Waals surface area contributed by atoms with Gasteiger partial charge in [0.1, 0.15) is 17.5 Å². The zero-order valence-electron chi connectivity index (χ0n) is 7.73. The monoisotopic (exact) mass is 210 g/mol. The average molecular weight is 210 g/mol. The summed E-state index contributed by atoms with van der Waals surface area (Å²) in [6, 6.07) is -1.16. The molecule has 0 aliphatic heterocycles. The summed E-state index contributed by atoms with van der Waals surface area (Å²) in [5.74, 6) is -2.14. The molecule has 0 radical (unpaired) electrons. The fourth-order valence-corrected chi connectivity index (χ4v) is 1.10. The van der Waals surface area contributed by atoms with E-state index in [1.807, 2.05) is 0 Å². The van der Waals surface area contributed by atoms with Crippen LogP contribution in [0.25, 0.3) is 0 Å². The molecular weight excluding hydrogens is 200 g/mol. The van der Waals surface area contributed by atoms with E-state index in [1.165, 1.54) is 0 Å². The Hall–Kier alpha value is -1.95. The minimum atomic E-state index is -1.20. The second-order valence-electron chi connectivity index (χ2n) is 3.13. The molecule has 0 heterocycles. The minimum absolute atomic E-state index is 0.118. The highest BCUT2D eigenvalue weighted by molar-refractivity contribution is 6.48. The number of aliphatic carboxylic acids is 1. The number of carbonyl (C=O) groups is 2. The highest BCUT2D eigenvalue weighted by atomic mass is 16.4. The lowest BCUT2D eigenvalue weighted by Gasteiger charge is -2.13. The fourth-order valence-electron chi connectivity index (χ4n) is 1.10. The second kappa shape index (κ2) is 4.05. The predicted molar refractivity (Wildman–Crippen MR) is 51.8 cm³/mol. The first-order valence-electron chi connectivity index (χ1n) is 4.14. The Morgan fingerprint density at radius 2 is 2.13 bits per heavy atom. The van der Waals surface area contributed by atoms with Gasteiger partial charge >= 0.3 is 5.97 Å². The van der Waals surface area contributed by atoms with Crippen LogP contribution in [0, 0.1) is 5.41 Å². The number of hydrogen-bond acceptors (Lipinski definition) is 5. The van der Waals surface area contributed by atoms with E-state index in [9.17, 15) is 14.7 Å². The molecule has 5 N–H and O–H groups in total. The molecule has 0 spiro atoms. The van der Waals surface area contributed by atoms with Crippen molar-refractivity contribution in [1.29, 1.82) is 5.41 Å². The minimum Gasteiger partial charge on any atom is -0.508 e. The summed E-state index contributed by atoms with van der Waals surface area (Å²) in [7, 11) is 0. The van der Waals surface area contributed by atoms with Crippen molar-refractivity contribution < 1.29 is 19.8 Å². The van der Waals surface area contributed by atoms with E-state index in [1.54, 1.807) is 0 Å². The lowest BCUT2D eigenvalue weighted by molar-refractivity contribution is -0.138. The quantitative estimate of drug-likeness (QED) is 0.478. The predicted octanol–water partition coefficient (Wildman–Crippen LogP) is -0.241. The van der Waals surface area contributed by atoms with Gasteiger partial charge in [-0.3, -0.25) is 15.0 Å². The number of carboxylic acid groups (broad SMARTS) is 1. The number of aliphatic hydroxyl groups excluding tert-OH is 1. The molecule has 1 aliphatic rings.